The number of rotatable bonds is 0. The molecule has 0 saturated carbocycles. The summed E-state index contributed by atoms with van der Waals surface area (Å²) >= 11 is 0. The second-order valence-corrected chi connectivity index (χ2v) is 3.91. The molecule has 0 radical (unpaired) electrons. The van der Waals surface area contributed by atoms with Crippen LogP contribution in [-0.4, -0.2) is 11.5 Å². The molecule has 3 rings (SSSR count). The monoisotopic (exact) mass is 186 g/mol. The van der Waals surface area contributed by atoms with Gasteiger partial charge in [0.05, 0.1) is 0 Å². The molecule has 1 aliphatic rings. The molecule has 0 amide bonds. The number of hydrogen-bond acceptors (Lipinski definition) is 1. The Morgan fingerprint density at radius 2 is 2.07 bits per heavy atom. The highest BCUT2D eigenvalue weighted by molar-refractivity contribution is 5.84. The fraction of sp³-hybridized carbons (Fsp3) is 0.333. The zero-order valence-electron chi connectivity index (χ0n) is 8.14. The quantitative estimate of drug-likeness (QED) is 0.648. The summed E-state index contributed by atoms with van der Waals surface area (Å²) in [4.78, 5) is 3.52. The zero-order chi connectivity index (χ0) is 9.38. The van der Waals surface area contributed by atoms with Crippen LogP contribution in [0.5, 0.6) is 0 Å². The molecule has 14 heavy (non-hydrogen) atoms. The number of hydrogen-bond donors (Lipinski definition) is 2. The normalized spacial score (nSPS) is 16.6. The predicted molar refractivity (Wildman–Crippen MR) is 58.3 cm³/mol. The van der Waals surface area contributed by atoms with E-state index in [9.17, 15) is 0 Å². The van der Waals surface area contributed by atoms with Crippen LogP contribution in [0.15, 0.2) is 24.3 Å². The smallest absolute Gasteiger partial charge is 0.0459 e. The standard InChI is InChI=1S/C12H14N2/c1-2-5-11-9(4-1)10-8-13-7-3-6-12(10)14-11/h1-2,4-5,13-14H,3,6-8H2. The average molecular weight is 186 g/mol. The van der Waals surface area contributed by atoms with Gasteiger partial charge in [-0.3, -0.25) is 0 Å². The van der Waals surface area contributed by atoms with E-state index >= 15 is 0 Å². The first-order valence-corrected chi connectivity index (χ1v) is 5.24. The van der Waals surface area contributed by atoms with Crippen LogP contribution < -0.4 is 5.32 Å². The maximum absolute atomic E-state index is 3.52. The van der Waals surface area contributed by atoms with Gasteiger partial charge in [0.25, 0.3) is 0 Å². The Morgan fingerprint density at radius 1 is 1.14 bits per heavy atom. The molecule has 2 aromatic rings. The van der Waals surface area contributed by atoms with E-state index in [-0.39, 0.29) is 0 Å². The van der Waals surface area contributed by atoms with Crippen LogP contribution in [0.25, 0.3) is 10.9 Å². The third-order valence-corrected chi connectivity index (χ3v) is 2.98. The first kappa shape index (κ1) is 8.06. The third kappa shape index (κ3) is 1.15. The van der Waals surface area contributed by atoms with Crippen LogP contribution in [-0.2, 0) is 13.0 Å². The molecule has 2 heteroatoms. The molecule has 0 atom stereocenters. The average Bonchev–Trinajstić information content (AvgIpc) is 2.42. The second kappa shape index (κ2) is 3.14. The molecule has 1 aromatic heterocycles. The van der Waals surface area contributed by atoms with E-state index in [1.165, 1.54) is 35.0 Å². The van der Waals surface area contributed by atoms with E-state index in [0.717, 1.165) is 13.1 Å². The molecule has 0 unspecified atom stereocenters. The Labute approximate surface area is 83.3 Å². The molecule has 0 bridgehead atoms. The topological polar surface area (TPSA) is 27.8 Å². The Kier molecular flexibility index (Phi) is 1.81. The molecular formula is C12H14N2. The molecule has 0 fully saturated rings. The lowest BCUT2D eigenvalue weighted by molar-refractivity contribution is 0.680. The summed E-state index contributed by atoms with van der Waals surface area (Å²) in [5.41, 5.74) is 4.18. The Balaban J connectivity index is 2.24. The van der Waals surface area contributed by atoms with E-state index in [2.05, 4.69) is 34.6 Å². The number of benzene rings is 1. The van der Waals surface area contributed by atoms with Crippen LogP contribution >= 0.6 is 0 Å². The molecule has 1 aliphatic heterocycles. The lowest BCUT2D eigenvalue weighted by Crippen LogP contribution is -2.11. The summed E-state index contributed by atoms with van der Waals surface area (Å²) in [6.07, 6.45) is 2.41. The molecule has 1 aromatic carbocycles. The van der Waals surface area contributed by atoms with Crippen molar-refractivity contribution in [1.29, 1.82) is 0 Å². The maximum Gasteiger partial charge on any atom is 0.0459 e. The molecule has 72 valence electrons. The van der Waals surface area contributed by atoms with Crippen LogP contribution in [0.4, 0.5) is 0 Å². The van der Waals surface area contributed by atoms with Crippen molar-refractivity contribution in [2.75, 3.05) is 6.54 Å². The van der Waals surface area contributed by atoms with Gasteiger partial charge in [-0.05, 0) is 31.0 Å². The van der Waals surface area contributed by atoms with Gasteiger partial charge in [0.2, 0.25) is 0 Å². The first-order chi connectivity index (χ1) is 6.95. The van der Waals surface area contributed by atoms with Gasteiger partial charge in [0.15, 0.2) is 0 Å². The van der Waals surface area contributed by atoms with Gasteiger partial charge in [-0.1, -0.05) is 18.2 Å². The van der Waals surface area contributed by atoms with Crippen molar-refractivity contribution in [2.24, 2.45) is 0 Å². The Bertz CT molecular complexity index is 456. The second-order valence-electron chi connectivity index (χ2n) is 3.91. The van der Waals surface area contributed by atoms with Crippen molar-refractivity contribution < 1.29 is 0 Å². The van der Waals surface area contributed by atoms with Gasteiger partial charge in [-0.25, -0.2) is 0 Å². The molecule has 2 nitrogen and oxygen atoms in total. The van der Waals surface area contributed by atoms with Crippen molar-refractivity contribution in [3.8, 4) is 0 Å². The highest BCUT2D eigenvalue weighted by Crippen LogP contribution is 2.24. The minimum atomic E-state index is 1.01. The van der Waals surface area contributed by atoms with Gasteiger partial charge in [0, 0.05) is 23.1 Å². The molecule has 0 spiro atoms. The number of nitrogens with one attached hydrogen (secondary N) is 2. The number of fused-ring (bicyclic) bond motifs is 3. The van der Waals surface area contributed by atoms with Crippen molar-refractivity contribution in [3.63, 3.8) is 0 Å². The van der Waals surface area contributed by atoms with E-state index < -0.39 is 0 Å². The number of aryl methyl sites for hydroxylation is 1. The summed E-state index contributed by atoms with van der Waals surface area (Å²) in [5, 5.41) is 4.85. The number of aromatic nitrogens is 1. The molecule has 0 aliphatic carbocycles. The van der Waals surface area contributed by atoms with Gasteiger partial charge in [-0.15, -0.1) is 0 Å². The molecular weight excluding hydrogens is 172 g/mol. The summed E-state index contributed by atoms with van der Waals surface area (Å²) in [5.74, 6) is 0. The lowest BCUT2D eigenvalue weighted by atomic mass is 10.1. The lowest BCUT2D eigenvalue weighted by Gasteiger charge is -1.98. The number of H-pyrrole nitrogens is 1. The Morgan fingerprint density at radius 3 is 3.07 bits per heavy atom. The van der Waals surface area contributed by atoms with Crippen LogP contribution in [0.1, 0.15) is 17.7 Å². The van der Waals surface area contributed by atoms with E-state index in [1.54, 1.807) is 0 Å². The van der Waals surface area contributed by atoms with Crippen LogP contribution in [0.3, 0.4) is 0 Å². The zero-order valence-corrected chi connectivity index (χ0v) is 8.14. The van der Waals surface area contributed by atoms with Crippen LogP contribution in [0, 0.1) is 0 Å². The largest absolute Gasteiger partial charge is 0.358 e. The van der Waals surface area contributed by atoms with E-state index in [0.29, 0.717) is 0 Å². The summed E-state index contributed by atoms with van der Waals surface area (Å²) < 4.78 is 0. The van der Waals surface area contributed by atoms with Crippen LogP contribution in [0.2, 0.25) is 0 Å². The maximum atomic E-state index is 3.52. The number of aromatic amines is 1. The number of para-hydroxylation sites is 1. The van der Waals surface area contributed by atoms with Gasteiger partial charge in [-0.2, -0.15) is 0 Å². The van der Waals surface area contributed by atoms with Gasteiger partial charge in [0.1, 0.15) is 0 Å². The van der Waals surface area contributed by atoms with Gasteiger partial charge < -0.3 is 10.3 Å². The van der Waals surface area contributed by atoms with Crippen molar-refractivity contribution in [2.45, 2.75) is 19.4 Å². The van der Waals surface area contributed by atoms with Crippen molar-refractivity contribution >= 4 is 10.9 Å². The van der Waals surface area contributed by atoms with E-state index in [4.69, 9.17) is 0 Å². The third-order valence-electron chi connectivity index (χ3n) is 2.98. The highest BCUT2D eigenvalue weighted by atomic mass is 14.9. The molecule has 0 saturated heterocycles. The fourth-order valence-electron chi connectivity index (χ4n) is 2.27. The van der Waals surface area contributed by atoms with Crippen molar-refractivity contribution in [1.82, 2.24) is 10.3 Å². The first-order valence-electron chi connectivity index (χ1n) is 5.24. The predicted octanol–water partition coefficient (Wildman–Crippen LogP) is 2.20. The Hall–Kier alpha value is -1.28. The minimum absolute atomic E-state index is 1.01. The minimum Gasteiger partial charge on any atom is -0.358 e. The molecule has 2 N–H and O–H groups in total. The van der Waals surface area contributed by atoms with E-state index in [1.807, 2.05) is 0 Å². The SMILES string of the molecule is c1ccc2c3c([nH]c2c1)CCCNC3. The van der Waals surface area contributed by atoms with Gasteiger partial charge >= 0.3 is 0 Å². The summed E-state index contributed by atoms with van der Waals surface area (Å²) in [7, 11) is 0. The highest BCUT2D eigenvalue weighted by Gasteiger charge is 2.12. The fourth-order valence-corrected chi connectivity index (χ4v) is 2.27. The molecule has 2 heterocycles. The summed E-state index contributed by atoms with van der Waals surface area (Å²) in [6.45, 7) is 2.15. The van der Waals surface area contributed by atoms with Crippen molar-refractivity contribution in [3.05, 3.63) is 35.5 Å². The summed E-state index contributed by atoms with van der Waals surface area (Å²) in [6, 6.07) is 8.56.